The lowest BCUT2D eigenvalue weighted by molar-refractivity contribution is -0.0457. The number of aromatic nitrogens is 1. The molecule has 6 heteroatoms. The minimum Gasteiger partial charge on any atom is -0.379 e. The smallest absolute Gasteiger partial charge is 0.261 e. The third-order valence-electron chi connectivity index (χ3n) is 4.99. The summed E-state index contributed by atoms with van der Waals surface area (Å²) in [5.41, 5.74) is 3.11. The molecular weight excluding hydrogens is 332 g/mol. The summed E-state index contributed by atoms with van der Waals surface area (Å²) >= 11 is 0. The normalized spacial score (nSPS) is 22.4. The monoisotopic (exact) mass is 360 g/mol. The van der Waals surface area contributed by atoms with Crippen molar-refractivity contribution in [2.45, 2.75) is 58.1 Å². The number of amides is 1. The molecule has 0 radical (unpaired) electrons. The van der Waals surface area contributed by atoms with Gasteiger partial charge in [0.25, 0.3) is 11.5 Å². The number of hydrogen-bond acceptors (Lipinski definition) is 4. The molecule has 0 bridgehead atoms. The van der Waals surface area contributed by atoms with Gasteiger partial charge in [0.05, 0.1) is 25.4 Å². The van der Waals surface area contributed by atoms with Gasteiger partial charge in [0.2, 0.25) is 0 Å². The first-order valence-electron chi connectivity index (χ1n) is 9.43. The minimum absolute atomic E-state index is 0.111. The molecule has 0 aromatic carbocycles. The molecule has 3 rings (SSSR count). The summed E-state index contributed by atoms with van der Waals surface area (Å²) in [6.07, 6.45) is 6.59. The molecule has 2 N–H and O–H groups in total. The topological polar surface area (TPSA) is 80.4 Å². The number of carbonyl (C=O) groups excluding carboxylic acids is 1. The summed E-state index contributed by atoms with van der Waals surface area (Å²) < 4.78 is 11.4. The third-order valence-corrected chi connectivity index (χ3v) is 4.99. The van der Waals surface area contributed by atoms with Crippen LogP contribution < -0.4 is 10.9 Å². The molecule has 142 valence electrons. The van der Waals surface area contributed by atoms with Crippen molar-refractivity contribution in [2.75, 3.05) is 19.8 Å². The fourth-order valence-electron chi connectivity index (χ4n) is 3.48. The van der Waals surface area contributed by atoms with Crippen LogP contribution in [0, 0.1) is 0 Å². The van der Waals surface area contributed by atoms with E-state index in [0.29, 0.717) is 19.8 Å². The zero-order chi connectivity index (χ0) is 18.5. The van der Waals surface area contributed by atoms with Crippen molar-refractivity contribution in [3.8, 4) is 0 Å². The number of hydrogen-bond donors (Lipinski definition) is 2. The van der Waals surface area contributed by atoms with E-state index < -0.39 is 0 Å². The largest absolute Gasteiger partial charge is 0.379 e. The molecule has 0 spiro atoms. The Morgan fingerprint density at radius 3 is 3.00 bits per heavy atom. The van der Waals surface area contributed by atoms with Gasteiger partial charge in [-0.05, 0) is 57.6 Å². The zero-order valence-electron chi connectivity index (χ0n) is 15.6. The average molecular weight is 360 g/mol. The molecule has 1 aliphatic carbocycles. The second kappa shape index (κ2) is 8.64. The predicted octanol–water partition coefficient (Wildman–Crippen LogP) is 2.12. The highest BCUT2D eigenvalue weighted by molar-refractivity contribution is 5.94. The molecule has 2 heterocycles. The summed E-state index contributed by atoms with van der Waals surface area (Å²) in [6, 6.07) is 1.50. The van der Waals surface area contributed by atoms with Gasteiger partial charge in [-0.15, -0.1) is 0 Å². The van der Waals surface area contributed by atoms with E-state index in [1.54, 1.807) is 6.07 Å². The van der Waals surface area contributed by atoms with Crippen LogP contribution in [0.2, 0.25) is 0 Å². The maximum Gasteiger partial charge on any atom is 0.261 e. The van der Waals surface area contributed by atoms with Gasteiger partial charge < -0.3 is 19.8 Å². The van der Waals surface area contributed by atoms with Crippen molar-refractivity contribution >= 4 is 5.91 Å². The molecule has 1 amide bonds. The van der Waals surface area contributed by atoms with Gasteiger partial charge in [0.15, 0.2) is 0 Å². The van der Waals surface area contributed by atoms with Crippen LogP contribution in [0.4, 0.5) is 0 Å². The Kier molecular flexibility index (Phi) is 6.27. The molecule has 1 fully saturated rings. The van der Waals surface area contributed by atoms with E-state index in [-0.39, 0.29) is 29.2 Å². The van der Waals surface area contributed by atoms with Crippen molar-refractivity contribution in [2.24, 2.45) is 0 Å². The van der Waals surface area contributed by atoms with E-state index in [9.17, 15) is 9.59 Å². The summed E-state index contributed by atoms with van der Waals surface area (Å²) in [5.74, 6) is -0.356. The molecule has 0 saturated carbocycles. The minimum atomic E-state index is -0.356. The number of allylic oxidation sites excluding steroid dienone is 1. The number of aromatic amines is 1. The SMILES string of the molecule is CC(C)=CCO[C@H]1CCOC[C@H]1NC(=O)c1cc2c([nH]c1=O)CCCC2. The maximum atomic E-state index is 12.7. The molecule has 1 saturated heterocycles. The summed E-state index contributed by atoms with van der Waals surface area (Å²) in [5, 5.41) is 2.94. The maximum absolute atomic E-state index is 12.7. The van der Waals surface area contributed by atoms with E-state index in [2.05, 4.69) is 10.3 Å². The van der Waals surface area contributed by atoms with Crippen LogP contribution in [0.1, 0.15) is 54.7 Å². The van der Waals surface area contributed by atoms with Gasteiger partial charge in [-0.1, -0.05) is 11.6 Å². The Bertz CT molecular complexity index is 734. The molecule has 1 aromatic rings. The van der Waals surface area contributed by atoms with Crippen LogP contribution in [0.25, 0.3) is 0 Å². The zero-order valence-corrected chi connectivity index (χ0v) is 15.6. The Morgan fingerprint density at radius 2 is 2.19 bits per heavy atom. The van der Waals surface area contributed by atoms with E-state index in [0.717, 1.165) is 43.4 Å². The summed E-state index contributed by atoms with van der Waals surface area (Å²) in [4.78, 5) is 27.9. The van der Waals surface area contributed by atoms with Crippen molar-refractivity contribution in [1.29, 1.82) is 0 Å². The number of rotatable bonds is 5. The highest BCUT2D eigenvalue weighted by Gasteiger charge is 2.29. The first kappa shape index (κ1) is 18.9. The molecule has 2 atom stereocenters. The lowest BCUT2D eigenvalue weighted by Gasteiger charge is -2.32. The Balaban J connectivity index is 1.69. The standard InChI is InChI=1S/C20H28N2O4/c1-13(2)7-10-26-18-8-9-25-12-17(18)22-20(24)15-11-14-5-3-4-6-16(14)21-19(15)23/h7,11,17-18H,3-6,8-10,12H2,1-2H3,(H,21,23)(H,22,24)/t17-,18+/m1/s1. The van der Waals surface area contributed by atoms with Crippen LogP contribution in [0.3, 0.4) is 0 Å². The number of pyridine rings is 1. The first-order chi connectivity index (χ1) is 12.5. The second-order valence-electron chi connectivity index (χ2n) is 7.32. The molecule has 6 nitrogen and oxygen atoms in total. The number of carbonyl (C=O) groups is 1. The molecule has 1 aliphatic heterocycles. The first-order valence-corrected chi connectivity index (χ1v) is 9.43. The molecule has 2 aliphatic rings. The third kappa shape index (κ3) is 4.62. The molecule has 0 unspecified atom stereocenters. The second-order valence-corrected chi connectivity index (χ2v) is 7.32. The highest BCUT2D eigenvalue weighted by atomic mass is 16.5. The number of ether oxygens (including phenoxy) is 2. The summed E-state index contributed by atoms with van der Waals surface area (Å²) in [6.45, 7) is 5.57. The lowest BCUT2D eigenvalue weighted by atomic mass is 9.95. The van der Waals surface area contributed by atoms with Crippen molar-refractivity contribution in [3.63, 3.8) is 0 Å². The number of aryl methyl sites for hydroxylation is 2. The van der Waals surface area contributed by atoms with E-state index >= 15 is 0 Å². The molecule has 26 heavy (non-hydrogen) atoms. The van der Waals surface area contributed by atoms with Gasteiger partial charge in [-0.25, -0.2) is 0 Å². The van der Waals surface area contributed by atoms with Crippen LogP contribution in [-0.4, -0.2) is 42.9 Å². The molecule has 1 aromatic heterocycles. The highest BCUT2D eigenvalue weighted by Crippen LogP contribution is 2.19. The van der Waals surface area contributed by atoms with Crippen LogP contribution in [0.5, 0.6) is 0 Å². The van der Waals surface area contributed by atoms with Gasteiger partial charge in [0, 0.05) is 12.3 Å². The average Bonchev–Trinajstić information content (AvgIpc) is 2.62. The Labute approximate surface area is 154 Å². The van der Waals surface area contributed by atoms with Crippen LogP contribution in [-0.2, 0) is 22.3 Å². The number of H-pyrrole nitrogens is 1. The summed E-state index contributed by atoms with van der Waals surface area (Å²) in [7, 11) is 0. The van der Waals surface area contributed by atoms with Crippen molar-refractivity contribution < 1.29 is 14.3 Å². The number of fused-ring (bicyclic) bond motifs is 1. The van der Waals surface area contributed by atoms with Gasteiger partial charge in [0.1, 0.15) is 5.56 Å². The van der Waals surface area contributed by atoms with Gasteiger partial charge in [-0.3, -0.25) is 9.59 Å². The van der Waals surface area contributed by atoms with Crippen LogP contribution >= 0.6 is 0 Å². The lowest BCUT2D eigenvalue weighted by Crippen LogP contribution is -2.51. The quantitative estimate of drug-likeness (QED) is 0.788. The fraction of sp³-hybridized carbons (Fsp3) is 0.600. The van der Waals surface area contributed by atoms with Gasteiger partial charge in [-0.2, -0.15) is 0 Å². The Hall–Kier alpha value is -1.92. The van der Waals surface area contributed by atoms with Crippen LogP contribution in [0.15, 0.2) is 22.5 Å². The Morgan fingerprint density at radius 1 is 1.38 bits per heavy atom. The van der Waals surface area contributed by atoms with Crippen molar-refractivity contribution in [1.82, 2.24) is 10.3 Å². The predicted molar refractivity (Wildman–Crippen MR) is 99.6 cm³/mol. The van der Waals surface area contributed by atoms with Gasteiger partial charge >= 0.3 is 0 Å². The van der Waals surface area contributed by atoms with E-state index in [1.165, 1.54) is 5.57 Å². The van der Waals surface area contributed by atoms with E-state index in [1.807, 2.05) is 19.9 Å². The van der Waals surface area contributed by atoms with Crippen molar-refractivity contribution in [3.05, 3.63) is 44.9 Å². The molecular formula is C20H28N2O4. The fourth-order valence-corrected chi connectivity index (χ4v) is 3.48. The van der Waals surface area contributed by atoms with E-state index in [4.69, 9.17) is 9.47 Å². The number of nitrogens with one attached hydrogen (secondary N) is 2.